The Balaban J connectivity index is 0.674. The molecule has 3 amide bonds. The van der Waals surface area contributed by atoms with Crippen molar-refractivity contribution >= 4 is 85.9 Å². The number of carbonyl (C=O) groups excluding carboxylic acids is 3. The largest absolute Gasteiger partial charge is 0.371 e. The number of hydrogen-bond acceptors (Lipinski definition) is 13. The Labute approximate surface area is 378 Å². The molecular weight excluding hydrogens is 857 g/mol. The van der Waals surface area contributed by atoms with E-state index < -0.39 is 11.9 Å². The van der Waals surface area contributed by atoms with Gasteiger partial charge in [-0.25, -0.2) is 15.0 Å². The number of fused-ring (bicyclic) bond motifs is 2. The van der Waals surface area contributed by atoms with E-state index in [0.717, 1.165) is 99.6 Å². The molecule has 3 aromatic heterocycles. The molecule has 3 aromatic carbocycles. The van der Waals surface area contributed by atoms with Crippen LogP contribution >= 0.6 is 23.2 Å². The fourth-order valence-electron chi connectivity index (χ4n) is 9.44. The first-order valence-corrected chi connectivity index (χ1v) is 22.7. The number of hydrogen-bond donors (Lipinski definition) is 3. The lowest BCUT2D eigenvalue weighted by Gasteiger charge is -2.38. The van der Waals surface area contributed by atoms with Gasteiger partial charge in [0.15, 0.2) is 17.0 Å². The summed E-state index contributed by atoms with van der Waals surface area (Å²) >= 11 is 12.5. The lowest BCUT2D eigenvalue weighted by Crippen LogP contribution is -2.47. The van der Waals surface area contributed by atoms with Gasteiger partial charge in [-0.15, -0.1) is 5.10 Å². The second-order valence-electron chi connectivity index (χ2n) is 17.2. The van der Waals surface area contributed by atoms with Gasteiger partial charge in [-0.05, 0) is 106 Å². The number of amides is 3. The number of halogens is 2. The number of piperidine rings is 2. The van der Waals surface area contributed by atoms with Crippen LogP contribution in [0.1, 0.15) is 67.4 Å². The predicted molar refractivity (Wildman–Crippen MR) is 244 cm³/mol. The molecule has 1 saturated carbocycles. The maximum Gasteiger partial charge on any atom is 0.278 e. The number of nitrogens with one attached hydrogen (secondary N) is 3. The summed E-state index contributed by atoms with van der Waals surface area (Å²) in [6, 6.07) is 18.4. The summed E-state index contributed by atoms with van der Waals surface area (Å²) in [7, 11) is 0. The topological polar surface area (TPSA) is 188 Å². The Morgan fingerprint density at radius 3 is 2.31 bits per heavy atom. The lowest BCUT2D eigenvalue weighted by molar-refractivity contribution is -0.136. The number of nitrogens with zero attached hydrogens (tertiary/aromatic N) is 10. The van der Waals surface area contributed by atoms with Gasteiger partial charge < -0.3 is 25.0 Å². The van der Waals surface area contributed by atoms with Crippen molar-refractivity contribution in [3.8, 4) is 0 Å². The van der Waals surface area contributed by atoms with Crippen molar-refractivity contribution in [2.45, 2.75) is 63.1 Å². The molecule has 6 aromatic rings. The highest BCUT2D eigenvalue weighted by Crippen LogP contribution is 2.36. The third-order valence-corrected chi connectivity index (χ3v) is 13.9. The Bertz CT molecular complexity index is 2780. The summed E-state index contributed by atoms with van der Waals surface area (Å²) in [6.45, 7) is 6.85. The third kappa shape index (κ3) is 8.46. The summed E-state index contributed by atoms with van der Waals surface area (Å²) in [5.74, 6) is 0.139. The van der Waals surface area contributed by atoms with Crippen LogP contribution in [0.3, 0.4) is 0 Å². The van der Waals surface area contributed by atoms with Crippen molar-refractivity contribution in [2.75, 3.05) is 60.9 Å². The fourth-order valence-corrected chi connectivity index (χ4v) is 10.0. The second-order valence-corrected chi connectivity index (χ2v) is 18.0. The molecule has 19 heteroatoms. The minimum atomic E-state index is -0.844. The fraction of sp³-hybridized carbons (Fsp3) is 0.400. The van der Waals surface area contributed by atoms with Gasteiger partial charge >= 0.3 is 0 Å². The van der Waals surface area contributed by atoms with Crippen LogP contribution in [0.15, 0.2) is 78.1 Å². The van der Waals surface area contributed by atoms with E-state index in [1.807, 2.05) is 18.2 Å². The van der Waals surface area contributed by atoms with Gasteiger partial charge in [0, 0.05) is 74.8 Å². The number of rotatable bonds is 11. The number of anilines is 4. The Hall–Kier alpha value is -6.17. The molecule has 330 valence electrons. The first-order chi connectivity index (χ1) is 31.1. The Morgan fingerprint density at radius 2 is 1.56 bits per heavy atom. The second kappa shape index (κ2) is 17.8. The van der Waals surface area contributed by atoms with E-state index in [1.54, 1.807) is 30.9 Å². The summed E-state index contributed by atoms with van der Waals surface area (Å²) in [5.41, 5.74) is 4.90. The summed E-state index contributed by atoms with van der Waals surface area (Å²) in [5, 5.41) is 18.1. The van der Waals surface area contributed by atoms with Crippen LogP contribution < -0.4 is 31.3 Å². The SMILES string of the molecule is O=C1CC[C@H](n2nnc3ccc(N4CCC(CCN5CCN(c6ccc(Nc7ncnc8c7ncn8C7CC(NC(=O)c8c(Cl)cccc8Cl)C7)cc6)CC5)CC4)cc3c2=O)C(=O)N1. The average molecular weight is 905 g/mol. The van der Waals surface area contributed by atoms with Crippen LogP contribution in [-0.4, -0.2) is 109 Å². The molecule has 3 aliphatic heterocycles. The van der Waals surface area contributed by atoms with Crippen molar-refractivity contribution in [1.82, 2.24) is 50.0 Å². The third-order valence-electron chi connectivity index (χ3n) is 13.3. The smallest absolute Gasteiger partial charge is 0.278 e. The van der Waals surface area contributed by atoms with Crippen LogP contribution in [0.4, 0.5) is 22.9 Å². The van der Waals surface area contributed by atoms with Gasteiger partial charge in [-0.3, -0.25) is 29.4 Å². The molecule has 0 unspecified atom stereocenters. The highest BCUT2D eigenvalue weighted by Gasteiger charge is 2.34. The van der Waals surface area contributed by atoms with Gasteiger partial charge in [0.1, 0.15) is 17.9 Å². The van der Waals surface area contributed by atoms with Gasteiger partial charge in [0.05, 0.1) is 27.3 Å². The van der Waals surface area contributed by atoms with Crippen LogP contribution in [0.5, 0.6) is 0 Å². The Morgan fingerprint density at radius 1 is 0.828 bits per heavy atom. The molecule has 4 fully saturated rings. The Kier molecular flexibility index (Phi) is 11.6. The number of aromatic nitrogens is 7. The molecule has 4 aliphatic rings. The van der Waals surface area contributed by atoms with E-state index in [-0.39, 0.29) is 42.3 Å². The van der Waals surface area contributed by atoms with E-state index >= 15 is 0 Å². The molecule has 1 aliphatic carbocycles. The van der Waals surface area contributed by atoms with Crippen molar-refractivity contribution in [1.29, 1.82) is 0 Å². The summed E-state index contributed by atoms with van der Waals surface area (Å²) < 4.78 is 3.17. The maximum atomic E-state index is 13.4. The maximum absolute atomic E-state index is 13.4. The van der Waals surface area contributed by atoms with Crippen LogP contribution in [-0.2, 0) is 9.59 Å². The molecule has 0 bridgehead atoms. The van der Waals surface area contributed by atoms with Crippen LogP contribution in [0.2, 0.25) is 10.0 Å². The molecule has 0 spiro atoms. The standard InChI is InChI=1S/C45H47Cl2N13O4/c46-34-2-1-3-35(47)39(34)44(63)52-29-22-32(23-29)59-26-50-40-41(48-25-49-42(40)59)51-28-4-6-30(7-5-28)58-20-18-56(19-21-58)15-12-27-13-16-57(17-14-27)31-8-9-36-33(24-31)45(64)60(55-54-36)37-10-11-38(61)53-43(37)62/h1-9,24-27,29,32,37H,10-23H2,(H,52,63)(H,48,49,51)(H,53,61,62)/t29?,32?,37-/m0/s1. The van der Waals surface area contributed by atoms with Gasteiger partial charge in [0.2, 0.25) is 5.91 Å². The highest BCUT2D eigenvalue weighted by atomic mass is 35.5. The van der Waals surface area contributed by atoms with Crippen molar-refractivity contribution in [3.05, 3.63) is 99.3 Å². The molecule has 17 nitrogen and oxygen atoms in total. The molecule has 0 radical (unpaired) electrons. The van der Waals surface area contributed by atoms with Crippen LogP contribution in [0.25, 0.3) is 22.1 Å². The minimum absolute atomic E-state index is 0.0110. The lowest BCUT2D eigenvalue weighted by atomic mass is 9.86. The van der Waals surface area contributed by atoms with E-state index in [2.05, 4.69) is 84.7 Å². The van der Waals surface area contributed by atoms with Crippen molar-refractivity contribution in [3.63, 3.8) is 0 Å². The highest BCUT2D eigenvalue weighted by molar-refractivity contribution is 6.39. The number of benzene rings is 3. The normalized spacial score (nSPS) is 20.9. The molecule has 3 saturated heterocycles. The van der Waals surface area contributed by atoms with Crippen LogP contribution in [0, 0.1) is 5.92 Å². The zero-order valence-electron chi connectivity index (χ0n) is 35.0. The zero-order chi connectivity index (χ0) is 43.9. The number of imide groups is 1. The molecular formula is C45H47Cl2N13O4. The van der Waals surface area contributed by atoms with Crippen molar-refractivity contribution < 1.29 is 14.4 Å². The number of carbonyl (C=O) groups is 3. The first kappa shape index (κ1) is 41.8. The number of piperazine rings is 1. The van der Waals surface area contributed by atoms with E-state index in [4.69, 9.17) is 23.2 Å². The monoisotopic (exact) mass is 903 g/mol. The van der Waals surface area contributed by atoms with E-state index in [0.29, 0.717) is 43.8 Å². The molecule has 1 atom stereocenters. The molecule has 3 N–H and O–H groups in total. The molecule has 64 heavy (non-hydrogen) atoms. The number of imidazole rings is 1. The predicted octanol–water partition coefficient (Wildman–Crippen LogP) is 5.52. The van der Waals surface area contributed by atoms with Gasteiger partial charge in [0.25, 0.3) is 17.4 Å². The summed E-state index contributed by atoms with van der Waals surface area (Å²) in [4.78, 5) is 71.4. The van der Waals surface area contributed by atoms with E-state index in [1.165, 1.54) is 5.69 Å². The quantitative estimate of drug-likeness (QED) is 0.138. The van der Waals surface area contributed by atoms with E-state index in [9.17, 15) is 19.2 Å². The van der Waals surface area contributed by atoms with Crippen molar-refractivity contribution in [2.24, 2.45) is 5.92 Å². The summed E-state index contributed by atoms with van der Waals surface area (Å²) in [6.07, 6.45) is 8.52. The molecule has 10 rings (SSSR count). The molecule has 6 heterocycles. The van der Waals surface area contributed by atoms with Gasteiger partial charge in [-0.1, -0.05) is 34.5 Å². The van der Waals surface area contributed by atoms with Gasteiger partial charge in [-0.2, -0.15) is 4.68 Å². The minimum Gasteiger partial charge on any atom is -0.371 e. The zero-order valence-corrected chi connectivity index (χ0v) is 36.5. The first-order valence-electron chi connectivity index (χ1n) is 21.9. The average Bonchev–Trinajstić information content (AvgIpc) is 3.72.